The average Bonchev–Trinajstić information content (AvgIpc) is 3.12. The highest BCUT2D eigenvalue weighted by Gasteiger charge is 2.17. The van der Waals surface area contributed by atoms with E-state index in [0.717, 1.165) is 9.77 Å². The Morgan fingerprint density at radius 3 is 2.95 bits per heavy atom. The Kier molecular flexibility index (Phi) is 4.28. The van der Waals surface area contributed by atoms with Crippen molar-refractivity contribution in [3.05, 3.63) is 52.4 Å². The summed E-state index contributed by atoms with van der Waals surface area (Å²) in [5.41, 5.74) is 0. The highest BCUT2D eigenvalue weighted by atomic mass is 35.5. The predicted molar refractivity (Wildman–Crippen MR) is 83.3 cm³/mol. The fourth-order valence-corrected chi connectivity index (χ4v) is 3.54. The molecule has 3 aromatic rings. The third kappa shape index (κ3) is 3.28. The van der Waals surface area contributed by atoms with Crippen LogP contribution in [-0.2, 0) is 0 Å². The summed E-state index contributed by atoms with van der Waals surface area (Å²) in [6.07, 6.45) is 0. The highest BCUT2D eigenvalue weighted by Crippen LogP contribution is 2.36. The Morgan fingerprint density at radius 1 is 1.38 bits per heavy atom. The summed E-state index contributed by atoms with van der Waals surface area (Å²) in [7, 11) is 0. The standard InChI is InChI=1S/C14H10ClFN2OS2/c1-8(21-9-4-5-11(16)10(15)7-9)14-17-13(18-19-14)12-3-2-6-20-12/h2-8H,1H3. The molecular formula is C14H10ClFN2OS2. The number of halogens is 2. The van der Waals surface area contributed by atoms with Gasteiger partial charge in [-0.15, -0.1) is 23.1 Å². The molecule has 1 aromatic carbocycles. The largest absolute Gasteiger partial charge is 0.338 e. The van der Waals surface area contributed by atoms with E-state index in [1.54, 1.807) is 23.5 Å². The van der Waals surface area contributed by atoms with Crippen LogP contribution in [0.5, 0.6) is 0 Å². The van der Waals surface area contributed by atoms with E-state index >= 15 is 0 Å². The lowest BCUT2D eigenvalue weighted by atomic mass is 10.3. The van der Waals surface area contributed by atoms with Gasteiger partial charge in [-0.3, -0.25) is 0 Å². The Bertz CT molecular complexity index is 745. The number of hydrogen-bond acceptors (Lipinski definition) is 5. The van der Waals surface area contributed by atoms with Crippen LogP contribution in [0.1, 0.15) is 18.1 Å². The number of thiophene rings is 1. The molecule has 21 heavy (non-hydrogen) atoms. The SMILES string of the molecule is CC(Sc1ccc(F)c(Cl)c1)c1nc(-c2cccs2)no1. The molecule has 3 rings (SSSR count). The minimum absolute atomic E-state index is 0.0484. The van der Waals surface area contributed by atoms with E-state index in [0.29, 0.717) is 11.7 Å². The Morgan fingerprint density at radius 2 is 2.24 bits per heavy atom. The lowest BCUT2D eigenvalue weighted by Crippen LogP contribution is -1.89. The molecule has 2 aromatic heterocycles. The molecule has 1 unspecified atom stereocenters. The van der Waals surface area contributed by atoms with Crippen molar-refractivity contribution in [3.63, 3.8) is 0 Å². The van der Waals surface area contributed by atoms with Gasteiger partial charge in [-0.05, 0) is 36.6 Å². The van der Waals surface area contributed by atoms with E-state index in [9.17, 15) is 4.39 Å². The molecule has 3 nitrogen and oxygen atoms in total. The molecular weight excluding hydrogens is 331 g/mol. The summed E-state index contributed by atoms with van der Waals surface area (Å²) in [5, 5.41) is 6.00. The molecule has 0 amide bonds. The first kappa shape index (κ1) is 14.6. The smallest absolute Gasteiger partial charge is 0.240 e. The molecule has 0 aliphatic carbocycles. The number of hydrogen-bond donors (Lipinski definition) is 0. The molecule has 0 aliphatic rings. The molecule has 0 saturated heterocycles. The van der Waals surface area contributed by atoms with Gasteiger partial charge in [0.2, 0.25) is 11.7 Å². The second-order valence-electron chi connectivity index (χ2n) is 4.27. The third-order valence-electron chi connectivity index (χ3n) is 2.73. The van der Waals surface area contributed by atoms with E-state index < -0.39 is 5.82 Å². The summed E-state index contributed by atoms with van der Waals surface area (Å²) in [6.45, 7) is 1.95. The van der Waals surface area contributed by atoms with Crippen molar-refractivity contribution < 1.29 is 8.91 Å². The molecule has 1 atom stereocenters. The quantitative estimate of drug-likeness (QED) is 0.592. The molecule has 0 N–H and O–H groups in total. The summed E-state index contributed by atoms with van der Waals surface area (Å²) in [6, 6.07) is 8.50. The van der Waals surface area contributed by atoms with Gasteiger partial charge >= 0.3 is 0 Å². The van der Waals surface area contributed by atoms with Crippen LogP contribution in [0.3, 0.4) is 0 Å². The summed E-state index contributed by atoms with van der Waals surface area (Å²) >= 11 is 8.82. The van der Waals surface area contributed by atoms with Gasteiger partial charge in [0.1, 0.15) is 5.82 Å². The minimum atomic E-state index is -0.425. The third-order valence-corrected chi connectivity index (χ3v) is 4.97. The van der Waals surface area contributed by atoms with E-state index in [1.165, 1.54) is 17.8 Å². The first-order valence-electron chi connectivity index (χ1n) is 6.12. The zero-order chi connectivity index (χ0) is 14.8. The van der Waals surface area contributed by atoms with Gasteiger partial charge in [0, 0.05) is 4.90 Å². The van der Waals surface area contributed by atoms with Crippen molar-refractivity contribution in [2.24, 2.45) is 0 Å². The maximum Gasteiger partial charge on any atom is 0.240 e. The van der Waals surface area contributed by atoms with Crippen molar-refractivity contribution in [3.8, 4) is 10.7 Å². The molecule has 0 fully saturated rings. The molecule has 2 heterocycles. The molecule has 108 valence electrons. The number of thioether (sulfide) groups is 1. The first-order valence-corrected chi connectivity index (χ1v) is 8.26. The van der Waals surface area contributed by atoms with E-state index in [2.05, 4.69) is 10.1 Å². The van der Waals surface area contributed by atoms with Crippen LogP contribution < -0.4 is 0 Å². The summed E-state index contributed by atoms with van der Waals surface area (Å²) < 4.78 is 18.4. The Labute approximate surface area is 134 Å². The van der Waals surface area contributed by atoms with Gasteiger partial charge in [0.25, 0.3) is 0 Å². The maximum absolute atomic E-state index is 13.1. The van der Waals surface area contributed by atoms with Crippen molar-refractivity contribution in [1.82, 2.24) is 10.1 Å². The minimum Gasteiger partial charge on any atom is -0.338 e. The van der Waals surface area contributed by atoms with Crippen LogP contribution >= 0.6 is 34.7 Å². The van der Waals surface area contributed by atoms with Crippen molar-refractivity contribution in [1.29, 1.82) is 0 Å². The van der Waals surface area contributed by atoms with Crippen LogP contribution in [0.15, 0.2) is 45.1 Å². The summed E-state index contributed by atoms with van der Waals surface area (Å²) in [4.78, 5) is 6.21. The molecule has 0 bridgehead atoms. The van der Waals surface area contributed by atoms with Crippen LogP contribution in [0, 0.1) is 5.82 Å². The van der Waals surface area contributed by atoms with E-state index in [-0.39, 0.29) is 10.3 Å². The molecule has 0 saturated carbocycles. The van der Waals surface area contributed by atoms with Gasteiger partial charge in [-0.2, -0.15) is 4.98 Å². The fourth-order valence-electron chi connectivity index (χ4n) is 1.71. The molecule has 0 aliphatic heterocycles. The number of aromatic nitrogens is 2. The molecule has 7 heteroatoms. The van der Waals surface area contributed by atoms with Gasteiger partial charge in [-0.25, -0.2) is 4.39 Å². The highest BCUT2D eigenvalue weighted by molar-refractivity contribution is 7.99. The van der Waals surface area contributed by atoms with E-state index in [4.69, 9.17) is 16.1 Å². The first-order chi connectivity index (χ1) is 10.1. The predicted octanol–water partition coefficient (Wildman–Crippen LogP) is 5.44. The van der Waals surface area contributed by atoms with Crippen LogP contribution in [0.2, 0.25) is 5.02 Å². The van der Waals surface area contributed by atoms with Gasteiger partial charge in [0.05, 0.1) is 15.1 Å². The van der Waals surface area contributed by atoms with Crippen LogP contribution in [0.4, 0.5) is 4.39 Å². The lowest BCUT2D eigenvalue weighted by Gasteiger charge is -2.06. The average molecular weight is 341 g/mol. The van der Waals surface area contributed by atoms with Gasteiger partial charge in [0.15, 0.2) is 0 Å². The fraction of sp³-hybridized carbons (Fsp3) is 0.143. The Hall–Kier alpha value is -1.37. The monoisotopic (exact) mass is 340 g/mol. The van der Waals surface area contributed by atoms with Crippen LogP contribution in [-0.4, -0.2) is 10.1 Å². The van der Waals surface area contributed by atoms with E-state index in [1.807, 2.05) is 24.4 Å². The second-order valence-corrected chi connectivity index (χ2v) is 7.04. The zero-order valence-corrected chi connectivity index (χ0v) is 13.3. The van der Waals surface area contributed by atoms with Gasteiger partial charge < -0.3 is 4.52 Å². The van der Waals surface area contributed by atoms with Crippen molar-refractivity contribution >= 4 is 34.7 Å². The van der Waals surface area contributed by atoms with Crippen molar-refractivity contribution in [2.75, 3.05) is 0 Å². The molecule has 0 spiro atoms. The number of nitrogens with zero attached hydrogens (tertiary/aromatic N) is 2. The maximum atomic E-state index is 13.1. The van der Waals surface area contributed by atoms with Crippen molar-refractivity contribution in [2.45, 2.75) is 17.1 Å². The second kappa shape index (κ2) is 6.17. The topological polar surface area (TPSA) is 38.9 Å². The normalized spacial score (nSPS) is 12.5. The lowest BCUT2D eigenvalue weighted by molar-refractivity contribution is 0.381. The zero-order valence-electron chi connectivity index (χ0n) is 10.9. The Balaban J connectivity index is 1.76. The summed E-state index contributed by atoms with van der Waals surface area (Å²) in [5.74, 6) is 0.694. The number of rotatable bonds is 4. The van der Waals surface area contributed by atoms with Crippen LogP contribution in [0.25, 0.3) is 10.7 Å². The number of benzene rings is 1. The van der Waals surface area contributed by atoms with Gasteiger partial charge in [-0.1, -0.05) is 22.8 Å². The molecule has 0 radical (unpaired) electrons.